The lowest BCUT2D eigenvalue weighted by atomic mass is 9.78. The Balaban J connectivity index is 2.23. The number of hydrogen-bond donors (Lipinski definition) is 2. The molecule has 1 unspecified atom stereocenters. The number of halogens is 1. The van der Waals surface area contributed by atoms with E-state index in [0.717, 1.165) is 0 Å². The van der Waals surface area contributed by atoms with Crippen LogP contribution in [0.25, 0.3) is 0 Å². The van der Waals surface area contributed by atoms with Gasteiger partial charge in [-0.1, -0.05) is 18.2 Å². The summed E-state index contributed by atoms with van der Waals surface area (Å²) in [5, 5.41) is 19.7. The maximum atomic E-state index is 14.1. The maximum Gasteiger partial charge on any atom is 0.174 e. The molecule has 0 spiro atoms. The summed E-state index contributed by atoms with van der Waals surface area (Å²) in [7, 11) is 0. The molecule has 0 radical (unpaired) electrons. The van der Waals surface area contributed by atoms with Crippen LogP contribution in [0.5, 0.6) is 11.5 Å². The first-order chi connectivity index (χ1) is 9.86. The van der Waals surface area contributed by atoms with Crippen molar-refractivity contribution in [1.82, 2.24) is 0 Å². The van der Waals surface area contributed by atoms with Gasteiger partial charge in [-0.3, -0.25) is 4.79 Å². The second kappa shape index (κ2) is 4.32. The Kier molecular flexibility index (Phi) is 2.80. The number of carbonyl (C=O) groups excluding carboxylic acids is 1. The maximum absolute atomic E-state index is 14.1. The fourth-order valence-electron chi connectivity index (χ4n) is 3.18. The number of benzene rings is 2. The van der Waals surface area contributed by atoms with Crippen LogP contribution in [0.4, 0.5) is 4.39 Å². The zero-order chi connectivity index (χ0) is 15.4. The van der Waals surface area contributed by atoms with Crippen LogP contribution < -0.4 is 0 Å². The highest BCUT2D eigenvalue weighted by atomic mass is 19.1. The molecule has 0 bridgehead atoms. The minimum absolute atomic E-state index is 0.170. The van der Waals surface area contributed by atoms with E-state index in [9.17, 15) is 19.4 Å². The van der Waals surface area contributed by atoms with Crippen LogP contribution >= 0.6 is 0 Å². The Labute approximate surface area is 121 Å². The van der Waals surface area contributed by atoms with Crippen LogP contribution in [0, 0.1) is 12.7 Å². The molecule has 0 saturated carbocycles. The quantitative estimate of drug-likeness (QED) is 0.791. The number of phenols is 2. The van der Waals surface area contributed by atoms with E-state index in [4.69, 9.17) is 0 Å². The smallest absolute Gasteiger partial charge is 0.174 e. The van der Waals surface area contributed by atoms with Gasteiger partial charge < -0.3 is 10.2 Å². The van der Waals surface area contributed by atoms with Crippen LogP contribution in [0.2, 0.25) is 0 Å². The molecule has 21 heavy (non-hydrogen) atoms. The number of fused-ring (bicyclic) bond motifs is 1. The van der Waals surface area contributed by atoms with Gasteiger partial charge in [0, 0.05) is 16.7 Å². The van der Waals surface area contributed by atoms with E-state index in [1.54, 1.807) is 32.0 Å². The third-order valence-corrected chi connectivity index (χ3v) is 4.30. The predicted octanol–water partition coefficient (Wildman–Crippen LogP) is 3.24. The number of ketones is 1. The third kappa shape index (κ3) is 1.75. The van der Waals surface area contributed by atoms with Crippen LogP contribution in [0.1, 0.15) is 34.0 Å². The Morgan fingerprint density at radius 1 is 1.24 bits per heavy atom. The largest absolute Gasteiger partial charge is 0.504 e. The van der Waals surface area contributed by atoms with Crippen molar-refractivity contribution in [3.8, 4) is 11.5 Å². The minimum Gasteiger partial charge on any atom is -0.504 e. The first-order valence-corrected chi connectivity index (χ1v) is 6.70. The fraction of sp³-hybridized carbons (Fsp3) is 0.235. The number of Topliss-reactive ketones (excluding diaryl/α,β-unsaturated/α-hetero) is 1. The SMILES string of the molecule is Cc1cc(O)c(O)c2c1C(=O)C(C)(c1ccccc1F)C2. The van der Waals surface area contributed by atoms with Crippen molar-refractivity contribution in [3.63, 3.8) is 0 Å². The van der Waals surface area contributed by atoms with Gasteiger partial charge in [-0.25, -0.2) is 4.39 Å². The number of hydrogen-bond acceptors (Lipinski definition) is 3. The highest BCUT2D eigenvalue weighted by Gasteiger charge is 2.46. The van der Waals surface area contributed by atoms with Crippen LogP contribution in [-0.2, 0) is 11.8 Å². The molecule has 0 saturated heterocycles. The van der Waals surface area contributed by atoms with Crippen molar-refractivity contribution in [1.29, 1.82) is 0 Å². The fourth-order valence-corrected chi connectivity index (χ4v) is 3.18. The van der Waals surface area contributed by atoms with Crippen molar-refractivity contribution in [2.24, 2.45) is 0 Å². The zero-order valence-corrected chi connectivity index (χ0v) is 11.8. The predicted molar refractivity (Wildman–Crippen MR) is 76.3 cm³/mol. The lowest BCUT2D eigenvalue weighted by molar-refractivity contribution is 0.0912. The van der Waals surface area contributed by atoms with E-state index in [-0.39, 0.29) is 23.7 Å². The summed E-state index contributed by atoms with van der Waals surface area (Å²) in [6.45, 7) is 3.37. The summed E-state index contributed by atoms with van der Waals surface area (Å²) in [5.41, 5.74) is 0.609. The molecule has 0 aliphatic heterocycles. The molecule has 3 rings (SSSR count). The Morgan fingerprint density at radius 3 is 2.57 bits per heavy atom. The third-order valence-electron chi connectivity index (χ3n) is 4.30. The Hall–Kier alpha value is -2.36. The number of aryl methyl sites for hydroxylation is 1. The number of aromatic hydroxyl groups is 2. The molecular formula is C17H15FO3. The number of rotatable bonds is 1. The molecular weight excluding hydrogens is 271 g/mol. The molecule has 3 nitrogen and oxygen atoms in total. The molecule has 2 N–H and O–H groups in total. The van der Waals surface area contributed by atoms with E-state index in [0.29, 0.717) is 22.3 Å². The second-order valence-electron chi connectivity index (χ2n) is 5.73. The van der Waals surface area contributed by atoms with Crippen molar-refractivity contribution in [2.75, 3.05) is 0 Å². The average Bonchev–Trinajstić information content (AvgIpc) is 2.71. The minimum atomic E-state index is -1.07. The summed E-state index contributed by atoms with van der Waals surface area (Å²) in [6.07, 6.45) is 0.170. The summed E-state index contributed by atoms with van der Waals surface area (Å²) >= 11 is 0. The van der Waals surface area contributed by atoms with E-state index < -0.39 is 11.2 Å². The normalized spacial score (nSPS) is 20.6. The summed E-state index contributed by atoms with van der Waals surface area (Å²) < 4.78 is 14.1. The van der Waals surface area contributed by atoms with Crippen molar-refractivity contribution in [3.05, 3.63) is 58.4 Å². The molecule has 1 aliphatic rings. The van der Waals surface area contributed by atoms with Crippen LogP contribution in [0.3, 0.4) is 0 Å². The lowest BCUT2D eigenvalue weighted by Gasteiger charge is -2.23. The molecule has 1 atom stereocenters. The van der Waals surface area contributed by atoms with Gasteiger partial charge in [-0.2, -0.15) is 0 Å². The monoisotopic (exact) mass is 286 g/mol. The summed E-state index contributed by atoms with van der Waals surface area (Å²) in [6, 6.07) is 7.53. The molecule has 108 valence electrons. The van der Waals surface area contributed by atoms with E-state index in [1.165, 1.54) is 12.1 Å². The molecule has 0 fully saturated rings. The highest BCUT2D eigenvalue weighted by molar-refractivity contribution is 6.10. The molecule has 1 aliphatic carbocycles. The van der Waals surface area contributed by atoms with Gasteiger partial charge in [0.25, 0.3) is 0 Å². The molecule has 0 amide bonds. The standard InChI is InChI=1S/C17H15FO3/c1-9-7-13(19)15(20)10-8-17(2,16(21)14(9)10)11-5-3-4-6-12(11)18/h3-7,19-20H,8H2,1-2H3. The van der Waals surface area contributed by atoms with E-state index in [1.807, 2.05) is 0 Å². The topological polar surface area (TPSA) is 57.5 Å². The van der Waals surface area contributed by atoms with Crippen molar-refractivity contribution >= 4 is 5.78 Å². The molecule has 0 aromatic heterocycles. The molecule has 0 heterocycles. The lowest BCUT2D eigenvalue weighted by Crippen LogP contribution is -2.30. The highest BCUT2D eigenvalue weighted by Crippen LogP contribution is 2.47. The first kappa shape index (κ1) is 13.6. The van der Waals surface area contributed by atoms with Gasteiger partial charge >= 0.3 is 0 Å². The summed E-state index contributed by atoms with van der Waals surface area (Å²) in [5.74, 6) is -1.21. The van der Waals surface area contributed by atoms with E-state index in [2.05, 4.69) is 0 Å². The van der Waals surface area contributed by atoms with Crippen LogP contribution in [0.15, 0.2) is 30.3 Å². The summed E-state index contributed by atoms with van der Waals surface area (Å²) in [4.78, 5) is 12.8. The second-order valence-corrected chi connectivity index (χ2v) is 5.73. The van der Waals surface area contributed by atoms with Crippen LogP contribution in [-0.4, -0.2) is 16.0 Å². The zero-order valence-electron chi connectivity index (χ0n) is 11.8. The molecule has 4 heteroatoms. The van der Waals surface area contributed by atoms with Crippen molar-refractivity contribution < 1.29 is 19.4 Å². The number of carbonyl (C=O) groups is 1. The first-order valence-electron chi connectivity index (χ1n) is 6.70. The Bertz CT molecular complexity index is 767. The Morgan fingerprint density at radius 2 is 1.90 bits per heavy atom. The number of phenolic OH excluding ortho intramolecular Hbond substituents is 2. The molecule has 2 aromatic rings. The van der Waals surface area contributed by atoms with Gasteiger partial charge in [0.05, 0.1) is 5.41 Å². The van der Waals surface area contributed by atoms with Gasteiger partial charge in [-0.05, 0) is 38.0 Å². The molecule has 2 aromatic carbocycles. The van der Waals surface area contributed by atoms with Gasteiger partial charge in [-0.15, -0.1) is 0 Å². The van der Waals surface area contributed by atoms with Crippen molar-refractivity contribution in [2.45, 2.75) is 25.7 Å². The van der Waals surface area contributed by atoms with E-state index >= 15 is 0 Å². The average molecular weight is 286 g/mol. The van der Waals surface area contributed by atoms with Gasteiger partial charge in [0.2, 0.25) is 0 Å². The van der Waals surface area contributed by atoms with Gasteiger partial charge in [0.1, 0.15) is 5.82 Å². The van der Waals surface area contributed by atoms with Gasteiger partial charge in [0.15, 0.2) is 17.3 Å².